The van der Waals surface area contributed by atoms with Gasteiger partial charge in [-0.1, -0.05) is 20.8 Å². The predicted octanol–water partition coefficient (Wildman–Crippen LogP) is 1.36. The lowest BCUT2D eigenvalue weighted by Crippen LogP contribution is -2.14. The number of carboxylic acid groups (broad SMARTS) is 1. The van der Waals surface area contributed by atoms with Crippen LogP contribution in [0, 0.1) is 6.92 Å². The molecule has 0 aliphatic carbocycles. The molecule has 0 aromatic carbocycles. The van der Waals surface area contributed by atoms with Crippen molar-refractivity contribution in [3.05, 3.63) is 17.2 Å². The fraction of sp³-hybridized carbons (Fsp3) is 0.500. The monoisotopic (exact) mass is 222 g/mol. The van der Waals surface area contributed by atoms with E-state index >= 15 is 0 Å². The molecule has 0 fully saturated rings. The van der Waals surface area contributed by atoms with Crippen LogP contribution in [-0.2, 0) is 5.41 Å². The van der Waals surface area contributed by atoms with Crippen LogP contribution in [0.25, 0.3) is 5.78 Å². The number of H-pyrrole nitrogens is 1. The minimum absolute atomic E-state index is 0.137. The highest BCUT2D eigenvalue weighted by Crippen LogP contribution is 2.20. The van der Waals surface area contributed by atoms with Crippen LogP contribution in [-0.4, -0.2) is 30.7 Å². The maximum Gasteiger partial charge on any atom is 0.356 e. The number of nitrogens with one attached hydrogen (secondary N) is 1. The van der Waals surface area contributed by atoms with Crippen LogP contribution in [0.2, 0.25) is 0 Å². The molecule has 16 heavy (non-hydrogen) atoms. The van der Waals surface area contributed by atoms with Gasteiger partial charge in [0.25, 0.3) is 5.78 Å². The Morgan fingerprint density at radius 3 is 2.50 bits per heavy atom. The SMILES string of the molecule is Cc1nc2nc(C(C)(C)C)[nH]n2c1C(=O)O. The molecule has 0 spiro atoms. The molecule has 0 saturated heterocycles. The van der Waals surface area contributed by atoms with Gasteiger partial charge < -0.3 is 5.11 Å². The number of carboxylic acids is 1. The van der Waals surface area contributed by atoms with Gasteiger partial charge in [0.15, 0.2) is 5.69 Å². The molecule has 0 unspecified atom stereocenters. The normalized spacial score (nSPS) is 12.2. The largest absolute Gasteiger partial charge is 0.476 e. The molecule has 6 nitrogen and oxygen atoms in total. The van der Waals surface area contributed by atoms with Gasteiger partial charge in [0, 0.05) is 5.41 Å². The summed E-state index contributed by atoms with van der Waals surface area (Å²) in [5.74, 6) is 0.117. The van der Waals surface area contributed by atoms with Gasteiger partial charge in [-0.15, -0.1) is 0 Å². The molecule has 2 heterocycles. The Kier molecular flexibility index (Phi) is 2.04. The smallest absolute Gasteiger partial charge is 0.356 e. The number of aromatic amines is 1. The quantitative estimate of drug-likeness (QED) is 0.763. The van der Waals surface area contributed by atoms with Gasteiger partial charge in [-0.2, -0.15) is 4.98 Å². The van der Waals surface area contributed by atoms with Crippen LogP contribution in [0.15, 0.2) is 0 Å². The van der Waals surface area contributed by atoms with E-state index in [9.17, 15) is 4.79 Å². The number of hydrogen-bond donors (Lipinski definition) is 2. The Hall–Kier alpha value is -1.85. The van der Waals surface area contributed by atoms with Crippen molar-refractivity contribution >= 4 is 11.7 Å². The third kappa shape index (κ3) is 1.46. The summed E-state index contributed by atoms with van der Waals surface area (Å²) in [6.07, 6.45) is 0. The Balaban J connectivity index is 2.69. The van der Waals surface area contributed by atoms with Crippen molar-refractivity contribution in [2.24, 2.45) is 0 Å². The average Bonchev–Trinajstić information content (AvgIpc) is 2.57. The molecule has 0 amide bonds. The zero-order valence-corrected chi connectivity index (χ0v) is 9.70. The maximum atomic E-state index is 11.0. The van der Waals surface area contributed by atoms with Crippen molar-refractivity contribution in [1.82, 2.24) is 19.6 Å². The number of aromatic nitrogens is 4. The molecular weight excluding hydrogens is 208 g/mol. The number of carbonyl (C=O) groups is 1. The van der Waals surface area contributed by atoms with Gasteiger partial charge in [0.1, 0.15) is 5.82 Å². The average molecular weight is 222 g/mol. The van der Waals surface area contributed by atoms with E-state index in [4.69, 9.17) is 5.11 Å². The molecule has 0 aliphatic heterocycles. The number of imidazole rings is 1. The zero-order valence-electron chi connectivity index (χ0n) is 9.70. The van der Waals surface area contributed by atoms with Gasteiger partial charge in [0.05, 0.1) is 5.69 Å². The standard InChI is InChI=1S/C10H14N4O2/c1-5-6(7(15)16)14-9(11-5)12-8(13-14)10(2,3)4/h1-4H3,(H,15,16)(H,11,12,13). The van der Waals surface area contributed by atoms with Crippen molar-refractivity contribution in [2.45, 2.75) is 33.1 Å². The van der Waals surface area contributed by atoms with E-state index in [1.54, 1.807) is 6.92 Å². The predicted molar refractivity (Wildman–Crippen MR) is 57.7 cm³/mol. The van der Waals surface area contributed by atoms with Crippen molar-refractivity contribution in [3.8, 4) is 0 Å². The second-order valence-electron chi connectivity index (χ2n) is 4.81. The van der Waals surface area contributed by atoms with E-state index in [2.05, 4.69) is 15.1 Å². The first-order valence-electron chi connectivity index (χ1n) is 4.99. The molecule has 2 rings (SSSR count). The second-order valence-corrected chi connectivity index (χ2v) is 4.81. The summed E-state index contributed by atoms with van der Waals surface area (Å²) in [4.78, 5) is 19.4. The van der Waals surface area contributed by atoms with E-state index in [-0.39, 0.29) is 11.1 Å². The van der Waals surface area contributed by atoms with Crippen molar-refractivity contribution < 1.29 is 9.90 Å². The Labute approximate surface area is 92.3 Å². The molecule has 0 bridgehead atoms. The summed E-state index contributed by atoms with van der Waals surface area (Å²) < 4.78 is 1.41. The van der Waals surface area contributed by atoms with Crippen LogP contribution in [0.5, 0.6) is 0 Å². The molecule has 0 atom stereocenters. The minimum Gasteiger partial charge on any atom is -0.476 e. The molecular formula is C10H14N4O2. The Bertz CT molecular complexity index is 559. The van der Waals surface area contributed by atoms with Gasteiger partial charge in [-0.3, -0.25) is 5.10 Å². The first-order valence-corrected chi connectivity index (χ1v) is 4.99. The van der Waals surface area contributed by atoms with E-state index in [1.807, 2.05) is 20.8 Å². The van der Waals surface area contributed by atoms with Gasteiger partial charge in [-0.05, 0) is 6.92 Å². The molecule has 0 saturated carbocycles. The number of hydrogen-bond acceptors (Lipinski definition) is 3. The van der Waals surface area contributed by atoms with Crippen molar-refractivity contribution in [1.29, 1.82) is 0 Å². The van der Waals surface area contributed by atoms with E-state index in [0.29, 0.717) is 11.5 Å². The molecule has 6 heteroatoms. The second kappa shape index (κ2) is 3.07. The number of fused-ring (bicyclic) bond motifs is 1. The molecule has 2 N–H and O–H groups in total. The molecule has 2 aromatic heterocycles. The van der Waals surface area contributed by atoms with E-state index in [1.165, 1.54) is 4.52 Å². The lowest BCUT2D eigenvalue weighted by atomic mass is 9.96. The number of aromatic carboxylic acids is 1. The lowest BCUT2D eigenvalue weighted by Gasteiger charge is -2.13. The zero-order chi connectivity index (χ0) is 12.1. The Morgan fingerprint density at radius 1 is 1.38 bits per heavy atom. The highest BCUT2D eigenvalue weighted by Gasteiger charge is 2.23. The van der Waals surface area contributed by atoms with Crippen molar-refractivity contribution in [2.75, 3.05) is 0 Å². The summed E-state index contributed by atoms with van der Waals surface area (Å²) in [6.45, 7) is 7.65. The third-order valence-electron chi connectivity index (χ3n) is 2.38. The van der Waals surface area contributed by atoms with Crippen LogP contribution in [0.1, 0.15) is 42.8 Å². The number of rotatable bonds is 1. The minimum atomic E-state index is -1.01. The van der Waals surface area contributed by atoms with Crippen LogP contribution < -0.4 is 0 Å². The summed E-state index contributed by atoms with van der Waals surface area (Å²) in [6, 6.07) is 0. The fourth-order valence-corrected chi connectivity index (χ4v) is 1.51. The molecule has 86 valence electrons. The molecule has 0 aliphatic rings. The lowest BCUT2D eigenvalue weighted by molar-refractivity contribution is 0.0687. The number of aryl methyl sites for hydroxylation is 1. The van der Waals surface area contributed by atoms with Crippen molar-refractivity contribution in [3.63, 3.8) is 0 Å². The topological polar surface area (TPSA) is 83.3 Å². The highest BCUT2D eigenvalue weighted by atomic mass is 16.4. The Morgan fingerprint density at radius 2 is 2.00 bits per heavy atom. The first kappa shape index (κ1) is 10.7. The van der Waals surface area contributed by atoms with Crippen LogP contribution >= 0.6 is 0 Å². The molecule has 2 aromatic rings. The summed E-state index contributed by atoms with van der Waals surface area (Å²) >= 11 is 0. The van der Waals surface area contributed by atoms with E-state index < -0.39 is 5.97 Å². The first-order chi connectivity index (χ1) is 7.30. The third-order valence-corrected chi connectivity index (χ3v) is 2.38. The fourth-order valence-electron chi connectivity index (χ4n) is 1.51. The summed E-state index contributed by atoms with van der Waals surface area (Å²) in [7, 11) is 0. The van der Waals surface area contributed by atoms with E-state index in [0.717, 1.165) is 5.82 Å². The summed E-state index contributed by atoms with van der Waals surface area (Å²) in [5, 5.41) is 12.0. The highest BCUT2D eigenvalue weighted by molar-refractivity contribution is 5.87. The van der Waals surface area contributed by atoms with Crippen LogP contribution in [0.4, 0.5) is 0 Å². The van der Waals surface area contributed by atoms with Gasteiger partial charge in [-0.25, -0.2) is 14.3 Å². The van der Waals surface area contributed by atoms with Gasteiger partial charge in [0.2, 0.25) is 0 Å². The van der Waals surface area contributed by atoms with Gasteiger partial charge >= 0.3 is 5.97 Å². The number of nitrogens with zero attached hydrogens (tertiary/aromatic N) is 3. The van der Waals surface area contributed by atoms with Crippen LogP contribution in [0.3, 0.4) is 0 Å². The molecule has 0 radical (unpaired) electrons. The summed E-state index contributed by atoms with van der Waals surface area (Å²) in [5.41, 5.74) is 0.439. The maximum absolute atomic E-state index is 11.0.